The fourth-order valence-corrected chi connectivity index (χ4v) is 3.23. The maximum Gasteiger partial charge on any atom is 0.223 e. The molecule has 0 radical (unpaired) electrons. The van der Waals surface area contributed by atoms with Crippen molar-refractivity contribution in [3.63, 3.8) is 0 Å². The van der Waals surface area contributed by atoms with Gasteiger partial charge in [-0.3, -0.25) is 4.79 Å². The lowest BCUT2D eigenvalue weighted by atomic mass is 9.88. The van der Waals surface area contributed by atoms with E-state index in [4.69, 9.17) is 0 Å². The fraction of sp³-hybridized carbons (Fsp3) is 0.533. The highest BCUT2D eigenvalue weighted by Gasteiger charge is 2.22. The lowest BCUT2D eigenvalue weighted by Gasteiger charge is -2.23. The average Bonchev–Trinajstić information content (AvgIpc) is 2.40. The van der Waals surface area contributed by atoms with Crippen molar-refractivity contribution in [1.29, 1.82) is 0 Å². The van der Waals surface area contributed by atoms with Crippen LogP contribution in [0.4, 0.5) is 0 Å². The van der Waals surface area contributed by atoms with E-state index in [1.165, 1.54) is 19.3 Å². The number of nitrogens with one attached hydrogen (secondary N) is 1. The van der Waals surface area contributed by atoms with Gasteiger partial charge in [0.25, 0.3) is 0 Å². The Morgan fingerprint density at radius 1 is 1.28 bits per heavy atom. The molecule has 2 rings (SSSR count). The van der Waals surface area contributed by atoms with Crippen LogP contribution in [0, 0.1) is 5.92 Å². The first-order chi connectivity index (χ1) is 8.68. The summed E-state index contributed by atoms with van der Waals surface area (Å²) in [6.07, 6.45) is 5.77. The van der Waals surface area contributed by atoms with Crippen molar-refractivity contribution in [2.45, 2.75) is 45.1 Å². The van der Waals surface area contributed by atoms with E-state index in [9.17, 15) is 4.79 Å². The zero-order valence-corrected chi connectivity index (χ0v) is 12.4. The molecular formula is C15H20BrNO. The number of hydrogen-bond acceptors (Lipinski definition) is 1. The minimum absolute atomic E-state index is 0.0648. The molecule has 0 spiro atoms. The van der Waals surface area contributed by atoms with Crippen LogP contribution in [-0.4, -0.2) is 5.91 Å². The molecule has 1 saturated carbocycles. The second-order valence-corrected chi connectivity index (χ2v) is 5.94. The van der Waals surface area contributed by atoms with Gasteiger partial charge in [0, 0.05) is 10.4 Å². The summed E-state index contributed by atoms with van der Waals surface area (Å²) in [6.45, 7) is 2.04. The van der Waals surface area contributed by atoms with E-state index in [1.54, 1.807) is 0 Å². The van der Waals surface area contributed by atoms with Crippen molar-refractivity contribution in [2.24, 2.45) is 5.92 Å². The van der Waals surface area contributed by atoms with Crippen LogP contribution in [0.5, 0.6) is 0 Å². The molecule has 0 heterocycles. The Balaban J connectivity index is 1.96. The molecule has 18 heavy (non-hydrogen) atoms. The van der Waals surface area contributed by atoms with E-state index in [0.717, 1.165) is 22.9 Å². The van der Waals surface area contributed by atoms with E-state index in [0.29, 0.717) is 0 Å². The van der Waals surface area contributed by atoms with Crippen LogP contribution in [-0.2, 0) is 4.79 Å². The molecular weight excluding hydrogens is 290 g/mol. The van der Waals surface area contributed by atoms with Gasteiger partial charge in [-0.2, -0.15) is 0 Å². The molecule has 0 aromatic heterocycles. The molecule has 0 aliphatic heterocycles. The van der Waals surface area contributed by atoms with Crippen LogP contribution in [0.25, 0.3) is 0 Å². The number of carbonyl (C=O) groups excluding carboxylic acids is 1. The van der Waals surface area contributed by atoms with Crippen LogP contribution >= 0.6 is 15.9 Å². The fourth-order valence-electron chi connectivity index (χ4n) is 2.60. The second kappa shape index (κ2) is 6.37. The largest absolute Gasteiger partial charge is 0.349 e. The Labute approximate surface area is 117 Å². The standard InChI is InChI=1S/C15H20BrNO/c1-11(13-9-5-6-10-14(13)16)17-15(18)12-7-3-2-4-8-12/h5-6,9-12H,2-4,7-8H2,1H3,(H,17,18). The monoisotopic (exact) mass is 309 g/mol. The number of rotatable bonds is 3. The minimum Gasteiger partial charge on any atom is -0.349 e. The molecule has 1 atom stereocenters. The normalized spacial score (nSPS) is 18.3. The van der Waals surface area contributed by atoms with E-state index >= 15 is 0 Å². The molecule has 1 N–H and O–H groups in total. The predicted molar refractivity (Wildman–Crippen MR) is 77.3 cm³/mol. The summed E-state index contributed by atoms with van der Waals surface area (Å²) in [5.41, 5.74) is 1.14. The van der Waals surface area contributed by atoms with Crippen LogP contribution in [0.3, 0.4) is 0 Å². The molecule has 1 aromatic rings. The number of benzene rings is 1. The summed E-state index contributed by atoms with van der Waals surface area (Å²) in [5.74, 6) is 0.446. The van der Waals surface area contributed by atoms with E-state index in [-0.39, 0.29) is 17.9 Å². The van der Waals surface area contributed by atoms with Crippen molar-refractivity contribution in [1.82, 2.24) is 5.32 Å². The van der Waals surface area contributed by atoms with Crippen molar-refractivity contribution < 1.29 is 4.79 Å². The smallest absolute Gasteiger partial charge is 0.223 e. The highest BCUT2D eigenvalue weighted by atomic mass is 79.9. The zero-order valence-electron chi connectivity index (χ0n) is 10.8. The molecule has 1 fully saturated rings. The topological polar surface area (TPSA) is 29.1 Å². The predicted octanol–water partition coefficient (Wildman–Crippen LogP) is 4.21. The Morgan fingerprint density at radius 3 is 2.61 bits per heavy atom. The molecule has 98 valence electrons. The minimum atomic E-state index is 0.0648. The highest BCUT2D eigenvalue weighted by molar-refractivity contribution is 9.10. The Kier molecular flexibility index (Phi) is 4.81. The average molecular weight is 310 g/mol. The maximum absolute atomic E-state index is 12.2. The summed E-state index contributed by atoms with van der Waals surface area (Å²) in [7, 11) is 0. The van der Waals surface area contributed by atoms with E-state index < -0.39 is 0 Å². The van der Waals surface area contributed by atoms with Gasteiger partial charge in [0.1, 0.15) is 0 Å². The summed E-state index contributed by atoms with van der Waals surface area (Å²) < 4.78 is 1.06. The molecule has 1 amide bonds. The molecule has 1 aliphatic rings. The van der Waals surface area contributed by atoms with E-state index in [2.05, 4.69) is 27.3 Å². The quantitative estimate of drug-likeness (QED) is 0.890. The summed E-state index contributed by atoms with van der Waals surface area (Å²) in [6, 6.07) is 8.12. The van der Waals surface area contributed by atoms with Gasteiger partial charge < -0.3 is 5.32 Å². The number of halogens is 1. The third kappa shape index (κ3) is 3.35. The summed E-state index contributed by atoms with van der Waals surface area (Å²) >= 11 is 3.53. The van der Waals surface area contributed by atoms with Crippen molar-refractivity contribution in [3.05, 3.63) is 34.3 Å². The van der Waals surface area contributed by atoms with Gasteiger partial charge in [0.2, 0.25) is 5.91 Å². The SMILES string of the molecule is CC(NC(=O)C1CCCCC1)c1ccccc1Br. The Morgan fingerprint density at radius 2 is 1.94 bits per heavy atom. The number of amides is 1. The van der Waals surface area contributed by atoms with Crippen molar-refractivity contribution >= 4 is 21.8 Å². The van der Waals surface area contributed by atoms with Crippen LogP contribution < -0.4 is 5.32 Å². The molecule has 2 nitrogen and oxygen atoms in total. The Bertz CT molecular complexity index is 413. The van der Waals surface area contributed by atoms with Crippen LogP contribution in [0.15, 0.2) is 28.7 Å². The molecule has 3 heteroatoms. The van der Waals surface area contributed by atoms with Gasteiger partial charge in [-0.15, -0.1) is 0 Å². The maximum atomic E-state index is 12.2. The third-order valence-electron chi connectivity index (χ3n) is 3.71. The van der Waals surface area contributed by atoms with Gasteiger partial charge in [0.05, 0.1) is 6.04 Å². The van der Waals surface area contributed by atoms with Gasteiger partial charge in [0.15, 0.2) is 0 Å². The van der Waals surface area contributed by atoms with Gasteiger partial charge in [-0.25, -0.2) is 0 Å². The summed E-state index contributed by atoms with van der Waals surface area (Å²) in [4.78, 5) is 12.2. The number of carbonyl (C=O) groups is 1. The number of hydrogen-bond donors (Lipinski definition) is 1. The third-order valence-corrected chi connectivity index (χ3v) is 4.43. The molecule has 1 unspecified atom stereocenters. The second-order valence-electron chi connectivity index (χ2n) is 5.09. The van der Waals surface area contributed by atoms with Crippen molar-refractivity contribution in [3.8, 4) is 0 Å². The first kappa shape index (κ1) is 13.6. The molecule has 0 saturated heterocycles. The lowest BCUT2D eigenvalue weighted by Crippen LogP contribution is -2.33. The first-order valence-electron chi connectivity index (χ1n) is 6.73. The van der Waals surface area contributed by atoms with Crippen LogP contribution in [0.2, 0.25) is 0 Å². The molecule has 0 bridgehead atoms. The summed E-state index contributed by atoms with van der Waals surface area (Å²) in [5, 5.41) is 3.14. The van der Waals surface area contributed by atoms with E-state index in [1.807, 2.05) is 25.1 Å². The first-order valence-corrected chi connectivity index (χ1v) is 7.52. The van der Waals surface area contributed by atoms with Gasteiger partial charge in [-0.1, -0.05) is 53.4 Å². The van der Waals surface area contributed by atoms with Gasteiger partial charge >= 0.3 is 0 Å². The van der Waals surface area contributed by atoms with Crippen LogP contribution in [0.1, 0.15) is 50.6 Å². The van der Waals surface area contributed by atoms with Gasteiger partial charge in [-0.05, 0) is 31.4 Å². The molecule has 1 aromatic carbocycles. The Hall–Kier alpha value is -0.830. The highest BCUT2D eigenvalue weighted by Crippen LogP contribution is 2.26. The zero-order chi connectivity index (χ0) is 13.0. The van der Waals surface area contributed by atoms with Crippen molar-refractivity contribution in [2.75, 3.05) is 0 Å². The molecule has 1 aliphatic carbocycles. The lowest BCUT2D eigenvalue weighted by molar-refractivity contribution is -0.126.